The molecule has 6 nitrogen and oxygen atoms in total. The molecule has 0 atom stereocenters. The maximum Gasteiger partial charge on any atom is 0.342 e. The first kappa shape index (κ1) is 25.9. The number of carbonyl (C=O) groups is 1. The molecule has 2 N–H and O–H groups in total. The summed E-state index contributed by atoms with van der Waals surface area (Å²) in [5.74, 6) is -0.549. The lowest BCUT2D eigenvalue weighted by Gasteiger charge is -2.13. The number of carboxylic acids is 1. The van der Waals surface area contributed by atoms with E-state index in [0.717, 1.165) is 24.5 Å². The lowest BCUT2D eigenvalue weighted by molar-refractivity contribution is -0.131. The Bertz CT molecular complexity index is 1410. The molecule has 4 aromatic rings. The van der Waals surface area contributed by atoms with Gasteiger partial charge in [0.05, 0.1) is 3.57 Å². The molecule has 0 radical (unpaired) electrons. The first-order valence-electron chi connectivity index (χ1n) is 9.96. The lowest BCUT2D eigenvalue weighted by Crippen LogP contribution is -2.03. The monoisotopic (exact) mass is 733 g/mol. The van der Waals surface area contributed by atoms with Crippen molar-refractivity contribution in [1.82, 2.24) is 15.2 Å². The molecular weight excluding hydrogens is 719 g/mol. The number of aliphatic carboxylic acids is 1. The van der Waals surface area contributed by atoms with Crippen molar-refractivity contribution in [3.63, 3.8) is 0 Å². The van der Waals surface area contributed by atoms with Gasteiger partial charge >= 0.3 is 5.97 Å². The fourth-order valence-corrected chi connectivity index (χ4v) is 5.88. The molecule has 0 aliphatic rings. The average Bonchev–Trinajstić information content (AvgIpc) is 3.28. The highest BCUT2D eigenvalue weighted by atomic mass is 127. The number of H-pyrrole nitrogens is 1. The molecule has 1 heterocycles. The van der Waals surface area contributed by atoms with Crippen LogP contribution in [0.2, 0.25) is 5.02 Å². The zero-order valence-electron chi connectivity index (χ0n) is 17.6. The van der Waals surface area contributed by atoms with Crippen molar-refractivity contribution in [2.24, 2.45) is 0 Å². The molecule has 11 heteroatoms. The first-order chi connectivity index (χ1) is 16.8. The van der Waals surface area contributed by atoms with E-state index in [4.69, 9.17) is 16.3 Å². The lowest BCUT2D eigenvalue weighted by atomic mass is 10.2. The molecular formula is C24H15ClFI2N3O3S. The highest BCUT2D eigenvalue weighted by Crippen LogP contribution is 2.34. The van der Waals surface area contributed by atoms with Gasteiger partial charge in [-0.3, -0.25) is 5.10 Å². The van der Waals surface area contributed by atoms with Crippen LogP contribution in [-0.2, 0) is 11.4 Å². The molecule has 0 saturated heterocycles. The molecule has 35 heavy (non-hydrogen) atoms. The van der Waals surface area contributed by atoms with E-state index in [1.165, 1.54) is 12.1 Å². The van der Waals surface area contributed by atoms with E-state index < -0.39 is 5.97 Å². The summed E-state index contributed by atoms with van der Waals surface area (Å²) < 4.78 is 21.7. The Labute approximate surface area is 236 Å². The van der Waals surface area contributed by atoms with E-state index in [1.807, 2.05) is 6.07 Å². The van der Waals surface area contributed by atoms with E-state index >= 15 is 0 Å². The molecule has 1 aromatic heterocycles. The van der Waals surface area contributed by atoms with Gasteiger partial charge in [-0.05, 0) is 105 Å². The summed E-state index contributed by atoms with van der Waals surface area (Å²) in [5.41, 5.74) is 1.72. The minimum atomic E-state index is -1.14. The number of nitrogens with zero attached hydrogens (tertiary/aromatic N) is 2. The van der Waals surface area contributed by atoms with Crippen LogP contribution in [0.15, 0.2) is 70.7 Å². The van der Waals surface area contributed by atoms with Crippen LogP contribution in [0.5, 0.6) is 5.75 Å². The number of halogens is 4. The Morgan fingerprint density at radius 3 is 2.63 bits per heavy atom. The number of hydrogen-bond donors (Lipinski definition) is 2. The SMILES string of the molecule is O=C(O)/C(=C/c1cc(I)cc(I)c1OCc1ccccc1F)Sc1n[nH]c(-c2ccc(Cl)cc2)n1. The summed E-state index contributed by atoms with van der Waals surface area (Å²) in [6, 6.07) is 17.1. The zero-order valence-corrected chi connectivity index (χ0v) is 23.5. The maximum absolute atomic E-state index is 14.1. The van der Waals surface area contributed by atoms with Gasteiger partial charge in [0.15, 0.2) is 5.82 Å². The zero-order chi connectivity index (χ0) is 24.9. The van der Waals surface area contributed by atoms with Crippen LogP contribution in [0.25, 0.3) is 17.5 Å². The van der Waals surface area contributed by atoms with Gasteiger partial charge in [0.1, 0.15) is 23.1 Å². The quantitative estimate of drug-likeness (QED) is 0.113. The Hall–Kier alpha value is -2.16. The van der Waals surface area contributed by atoms with E-state index in [1.54, 1.807) is 48.5 Å². The normalized spacial score (nSPS) is 11.5. The smallest absolute Gasteiger partial charge is 0.342 e. The van der Waals surface area contributed by atoms with Gasteiger partial charge in [-0.25, -0.2) is 14.2 Å². The Balaban J connectivity index is 1.62. The number of ether oxygens (including phenoxy) is 1. The van der Waals surface area contributed by atoms with Gasteiger partial charge in [0.25, 0.3) is 0 Å². The predicted octanol–water partition coefficient (Wildman–Crippen LogP) is 7.27. The summed E-state index contributed by atoms with van der Waals surface area (Å²) in [5, 5.41) is 17.7. The number of hydrogen-bond acceptors (Lipinski definition) is 5. The van der Waals surface area contributed by atoms with Gasteiger partial charge in [0, 0.05) is 25.3 Å². The third-order valence-corrected chi connectivity index (χ3v) is 7.20. The summed E-state index contributed by atoms with van der Waals surface area (Å²) >= 11 is 11.1. The Morgan fingerprint density at radius 2 is 1.91 bits per heavy atom. The van der Waals surface area contributed by atoms with Gasteiger partial charge in [0.2, 0.25) is 5.16 Å². The number of carboxylic acid groups (broad SMARTS) is 1. The standard InChI is InChI=1S/C24H15ClFI2N3O3S/c25-16-7-5-13(6-8-16)22-29-24(31-30-22)35-20(23(32)33)10-15-9-17(27)11-19(28)21(15)34-12-14-3-1-2-4-18(14)26/h1-11H,12H2,(H,32,33)(H,29,30,31)/b20-10-. The van der Waals surface area contributed by atoms with Gasteiger partial charge in [-0.1, -0.05) is 29.8 Å². The highest BCUT2D eigenvalue weighted by Gasteiger charge is 2.17. The Kier molecular flexibility index (Phi) is 8.68. The number of aromatic amines is 1. The number of nitrogens with one attached hydrogen (secondary N) is 1. The minimum Gasteiger partial charge on any atom is -0.487 e. The predicted molar refractivity (Wildman–Crippen MR) is 151 cm³/mol. The molecule has 3 aromatic carbocycles. The van der Waals surface area contributed by atoms with E-state index in [2.05, 4.69) is 60.4 Å². The van der Waals surface area contributed by atoms with Crippen molar-refractivity contribution in [3.8, 4) is 17.1 Å². The van der Waals surface area contributed by atoms with Crippen molar-refractivity contribution >= 4 is 80.6 Å². The average molecular weight is 734 g/mol. The largest absolute Gasteiger partial charge is 0.487 e. The van der Waals surface area contributed by atoms with Gasteiger partial charge in [-0.2, -0.15) is 0 Å². The van der Waals surface area contributed by atoms with Crippen LogP contribution in [0.3, 0.4) is 0 Å². The molecule has 178 valence electrons. The number of rotatable bonds is 8. The van der Waals surface area contributed by atoms with Crippen molar-refractivity contribution in [3.05, 3.63) is 94.7 Å². The molecule has 4 rings (SSSR count). The summed E-state index contributed by atoms with van der Waals surface area (Å²) in [6.45, 7) is 0.00499. The van der Waals surface area contributed by atoms with Crippen LogP contribution >= 0.6 is 68.5 Å². The minimum absolute atomic E-state index is 0.000183. The summed E-state index contributed by atoms with van der Waals surface area (Å²) in [7, 11) is 0. The molecule has 0 aliphatic heterocycles. The van der Waals surface area contributed by atoms with Crippen LogP contribution in [0, 0.1) is 13.0 Å². The van der Waals surface area contributed by atoms with E-state index in [0.29, 0.717) is 27.7 Å². The number of aromatic nitrogens is 3. The van der Waals surface area contributed by atoms with E-state index in [-0.39, 0.29) is 22.5 Å². The van der Waals surface area contributed by atoms with Crippen molar-refractivity contribution < 1.29 is 19.0 Å². The van der Waals surface area contributed by atoms with Crippen molar-refractivity contribution in [1.29, 1.82) is 0 Å². The fourth-order valence-electron chi connectivity index (χ4n) is 3.01. The maximum atomic E-state index is 14.1. The second-order valence-corrected chi connectivity index (χ2v) is 10.9. The molecule has 0 fully saturated rings. The van der Waals surface area contributed by atoms with Crippen molar-refractivity contribution in [2.75, 3.05) is 0 Å². The molecule has 0 spiro atoms. The van der Waals surface area contributed by atoms with Gasteiger partial charge in [-0.15, -0.1) is 5.10 Å². The Morgan fingerprint density at radius 1 is 1.17 bits per heavy atom. The van der Waals surface area contributed by atoms with Crippen LogP contribution < -0.4 is 4.74 Å². The molecule has 0 amide bonds. The summed E-state index contributed by atoms with van der Waals surface area (Å²) in [4.78, 5) is 16.5. The number of thioether (sulfide) groups is 1. The van der Waals surface area contributed by atoms with Crippen LogP contribution in [0.1, 0.15) is 11.1 Å². The third-order valence-electron chi connectivity index (χ3n) is 4.65. The third kappa shape index (κ3) is 6.74. The van der Waals surface area contributed by atoms with Crippen LogP contribution in [-0.4, -0.2) is 26.3 Å². The number of benzene rings is 3. The summed E-state index contributed by atoms with van der Waals surface area (Å²) in [6.07, 6.45) is 1.51. The molecule has 0 bridgehead atoms. The second kappa shape index (κ2) is 11.7. The highest BCUT2D eigenvalue weighted by molar-refractivity contribution is 14.1. The fraction of sp³-hybridized carbons (Fsp3) is 0.0417. The van der Waals surface area contributed by atoms with Gasteiger partial charge < -0.3 is 9.84 Å². The van der Waals surface area contributed by atoms with Crippen LogP contribution in [0.4, 0.5) is 4.39 Å². The topological polar surface area (TPSA) is 88.1 Å². The second-order valence-electron chi connectivity index (χ2n) is 7.08. The van der Waals surface area contributed by atoms with E-state index in [9.17, 15) is 14.3 Å². The molecule has 0 saturated carbocycles. The molecule has 0 aliphatic carbocycles. The molecule has 0 unspecified atom stereocenters. The first-order valence-corrected chi connectivity index (χ1v) is 13.3. The van der Waals surface area contributed by atoms with Crippen molar-refractivity contribution in [2.45, 2.75) is 11.8 Å².